The van der Waals surface area contributed by atoms with Gasteiger partial charge in [-0.3, -0.25) is 0 Å². The molecule has 130 valence electrons. The lowest BCUT2D eigenvalue weighted by Gasteiger charge is -2.11. The van der Waals surface area contributed by atoms with Gasteiger partial charge in [0.1, 0.15) is 0 Å². The summed E-state index contributed by atoms with van der Waals surface area (Å²) in [5, 5.41) is 13.3. The van der Waals surface area contributed by atoms with Gasteiger partial charge >= 0.3 is 12.1 Å². The number of fused-ring (bicyclic) bond motifs is 1. The second-order valence-electron chi connectivity index (χ2n) is 5.08. The maximum Gasteiger partial charge on any atom is 0.416 e. The molecule has 0 bridgehead atoms. The van der Waals surface area contributed by atoms with E-state index in [9.17, 15) is 18.0 Å². The van der Waals surface area contributed by atoms with Crippen molar-refractivity contribution in [2.75, 3.05) is 6.61 Å². The van der Waals surface area contributed by atoms with Gasteiger partial charge in [-0.15, -0.1) is 5.10 Å². The molecule has 25 heavy (non-hydrogen) atoms. The van der Waals surface area contributed by atoms with Crippen molar-refractivity contribution in [2.45, 2.75) is 6.18 Å². The maximum absolute atomic E-state index is 13.0. The SMILES string of the molecule is O=C(O)COc1nn(-c2cc(C(F)(F)F)ccc2Cl)c2ccccc12. The zero-order valence-electron chi connectivity index (χ0n) is 12.4. The standard InChI is InChI=1S/C16H10ClF3N2O3/c17-11-6-5-9(16(18,19)20)7-13(11)22-12-4-2-1-3-10(12)15(21-22)25-8-14(23)24/h1-7H,8H2,(H,23,24). The van der Waals surface area contributed by atoms with Crippen molar-refractivity contribution in [3.05, 3.63) is 53.1 Å². The number of halogens is 4. The Morgan fingerprint density at radius 1 is 1.24 bits per heavy atom. The first-order valence-corrected chi connectivity index (χ1v) is 7.34. The molecule has 9 heteroatoms. The van der Waals surface area contributed by atoms with Crippen LogP contribution >= 0.6 is 11.6 Å². The van der Waals surface area contributed by atoms with Gasteiger partial charge in [0.2, 0.25) is 5.88 Å². The Bertz CT molecular complexity index is 953. The lowest BCUT2D eigenvalue weighted by Crippen LogP contribution is -2.10. The van der Waals surface area contributed by atoms with Crippen LogP contribution in [-0.2, 0) is 11.0 Å². The van der Waals surface area contributed by atoms with Crippen LogP contribution < -0.4 is 4.74 Å². The summed E-state index contributed by atoms with van der Waals surface area (Å²) in [6, 6.07) is 9.47. The van der Waals surface area contributed by atoms with Crippen molar-refractivity contribution >= 4 is 28.5 Å². The summed E-state index contributed by atoms with van der Waals surface area (Å²) in [5.41, 5.74) is -0.429. The summed E-state index contributed by atoms with van der Waals surface area (Å²) in [7, 11) is 0. The second-order valence-corrected chi connectivity index (χ2v) is 5.49. The summed E-state index contributed by atoms with van der Waals surface area (Å²) >= 11 is 6.05. The normalized spacial score (nSPS) is 11.7. The van der Waals surface area contributed by atoms with E-state index in [0.29, 0.717) is 10.9 Å². The van der Waals surface area contributed by atoms with Crippen LogP contribution in [0, 0.1) is 0 Å². The highest BCUT2D eigenvalue weighted by Crippen LogP contribution is 2.35. The number of hydrogen-bond donors (Lipinski definition) is 1. The number of carboxylic acid groups (broad SMARTS) is 1. The lowest BCUT2D eigenvalue weighted by molar-refractivity contribution is -0.139. The van der Waals surface area contributed by atoms with Crippen LogP contribution in [0.15, 0.2) is 42.5 Å². The molecule has 1 aromatic heterocycles. The molecule has 0 radical (unpaired) electrons. The van der Waals surface area contributed by atoms with Gasteiger partial charge in [-0.05, 0) is 30.3 Å². The van der Waals surface area contributed by atoms with Crippen LogP contribution in [0.25, 0.3) is 16.6 Å². The minimum Gasteiger partial charge on any atom is -0.479 e. The topological polar surface area (TPSA) is 64.3 Å². The number of aromatic nitrogens is 2. The van der Waals surface area contributed by atoms with Gasteiger partial charge in [0.15, 0.2) is 6.61 Å². The number of alkyl halides is 3. The molecule has 0 atom stereocenters. The molecule has 0 aliphatic heterocycles. The van der Waals surface area contributed by atoms with Crippen molar-refractivity contribution in [3.8, 4) is 11.6 Å². The van der Waals surface area contributed by atoms with Gasteiger partial charge in [0, 0.05) is 0 Å². The molecule has 0 unspecified atom stereocenters. The van der Waals surface area contributed by atoms with E-state index in [-0.39, 0.29) is 16.6 Å². The van der Waals surface area contributed by atoms with Crippen molar-refractivity contribution < 1.29 is 27.8 Å². The summed E-state index contributed by atoms with van der Waals surface area (Å²) in [4.78, 5) is 10.7. The van der Waals surface area contributed by atoms with Gasteiger partial charge in [-0.1, -0.05) is 23.7 Å². The highest BCUT2D eigenvalue weighted by atomic mass is 35.5. The Balaban J connectivity index is 2.18. The number of ether oxygens (including phenoxy) is 1. The average molecular weight is 371 g/mol. The van der Waals surface area contributed by atoms with Crippen LogP contribution in [0.5, 0.6) is 5.88 Å². The molecule has 0 aliphatic rings. The number of para-hydroxylation sites is 1. The predicted octanol–water partition coefficient (Wildman–Crippen LogP) is 4.16. The number of aliphatic carboxylic acids is 1. The van der Waals surface area contributed by atoms with E-state index in [1.807, 2.05) is 0 Å². The third-order valence-corrected chi connectivity index (χ3v) is 3.71. The molecular weight excluding hydrogens is 361 g/mol. The molecule has 1 N–H and O–H groups in total. The number of carbonyl (C=O) groups is 1. The third kappa shape index (κ3) is 3.39. The second kappa shape index (κ2) is 6.29. The van der Waals surface area contributed by atoms with Crippen LogP contribution in [-0.4, -0.2) is 27.5 Å². The Labute approximate surface area is 144 Å². The number of rotatable bonds is 4. The summed E-state index contributed by atoms with van der Waals surface area (Å²) in [5.74, 6) is -1.21. The van der Waals surface area contributed by atoms with Crippen molar-refractivity contribution in [2.24, 2.45) is 0 Å². The summed E-state index contributed by atoms with van der Waals surface area (Å²) in [6.45, 7) is -0.628. The molecule has 0 saturated heterocycles. The first-order chi connectivity index (χ1) is 11.8. The molecule has 3 aromatic rings. The Morgan fingerprint density at radius 2 is 1.96 bits per heavy atom. The zero-order valence-corrected chi connectivity index (χ0v) is 13.2. The van der Waals surface area contributed by atoms with Gasteiger partial charge in [-0.2, -0.15) is 13.2 Å². The molecule has 3 rings (SSSR count). The zero-order chi connectivity index (χ0) is 18.2. The molecule has 0 spiro atoms. The van der Waals surface area contributed by atoms with E-state index in [2.05, 4.69) is 5.10 Å². The van der Waals surface area contributed by atoms with E-state index in [0.717, 1.165) is 18.2 Å². The highest BCUT2D eigenvalue weighted by molar-refractivity contribution is 6.32. The Kier molecular flexibility index (Phi) is 4.30. The van der Waals surface area contributed by atoms with E-state index >= 15 is 0 Å². The summed E-state index contributed by atoms with van der Waals surface area (Å²) < 4.78 is 45.3. The van der Waals surface area contributed by atoms with E-state index in [1.54, 1.807) is 24.3 Å². The summed E-state index contributed by atoms with van der Waals surface area (Å²) in [6.07, 6.45) is -4.54. The van der Waals surface area contributed by atoms with Crippen LogP contribution in [0.1, 0.15) is 5.56 Å². The monoisotopic (exact) mass is 370 g/mol. The van der Waals surface area contributed by atoms with Gasteiger partial charge in [0.05, 0.1) is 27.2 Å². The van der Waals surface area contributed by atoms with Gasteiger partial charge in [-0.25, -0.2) is 9.48 Å². The minimum atomic E-state index is -4.54. The fraction of sp³-hybridized carbons (Fsp3) is 0.125. The Hall–Kier alpha value is -2.74. The predicted molar refractivity (Wildman–Crippen MR) is 84.2 cm³/mol. The van der Waals surface area contributed by atoms with E-state index in [4.69, 9.17) is 21.4 Å². The van der Waals surface area contributed by atoms with Gasteiger partial charge < -0.3 is 9.84 Å². The molecular formula is C16H10ClF3N2O3. The highest BCUT2D eigenvalue weighted by Gasteiger charge is 2.31. The van der Waals surface area contributed by atoms with Crippen molar-refractivity contribution in [1.29, 1.82) is 0 Å². The molecule has 2 aromatic carbocycles. The lowest BCUT2D eigenvalue weighted by atomic mass is 10.2. The largest absolute Gasteiger partial charge is 0.479 e. The average Bonchev–Trinajstić information content (AvgIpc) is 2.91. The smallest absolute Gasteiger partial charge is 0.416 e. The van der Waals surface area contributed by atoms with E-state index < -0.39 is 24.3 Å². The molecule has 1 heterocycles. The molecule has 0 saturated carbocycles. The van der Waals surface area contributed by atoms with Crippen LogP contribution in [0.4, 0.5) is 13.2 Å². The van der Waals surface area contributed by atoms with Crippen LogP contribution in [0.3, 0.4) is 0 Å². The molecule has 5 nitrogen and oxygen atoms in total. The fourth-order valence-electron chi connectivity index (χ4n) is 2.31. The van der Waals surface area contributed by atoms with Crippen molar-refractivity contribution in [3.63, 3.8) is 0 Å². The third-order valence-electron chi connectivity index (χ3n) is 3.39. The van der Waals surface area contributed by atoms with Crippen LogP contribution in [0.2, 0.25) is 5.02 Å². The first kappa shape index (κ1) is 17.1. The number of carboxylic acids is 1. The van der Waals surface area contributed by atoms with Crippen molar-refractivity contribution in [1.82, 2.24) is 9.78 Å². The number of benzene rings is 2. The van der Waals surface area contributed by atoms with Gasteiger partial charge in [0.25, 0.3) is 0 Å². The first-order valence-electron chi connectivity index (χ1n) is 6.97. The fourth-order valence-corrected chi connectivity index (χ4v) is 2.51. The number of hydrogen-bond acceptors (Lipinski definition) is 3. The molecule has 0 aliphatic carbocycles. The molecule has 0 amide bonds. The minimum absolute atomic E-state index is 0.00789. The van der Waals surface area contributed by atoms with E-state index in [1.165, 1.54) is 4.68 Å². The molecule has 0 fully saturated rings. The quantitative estimate of drug-likeness (QED) is 0.749. The Morgan fingerprint density at radius 3 is 2.64 bits per heavy atom. The maximum atomic E-state index is 13.0. The number of nitrogens with zero attached hydrogens (tertiary/aromatic N) is 2.